The maximum atomic E-state index is 12.3. The number of alkyl halides is 3. The first-order valence-corrected chi connectivity index (χ1v) is 5.52. The molecule has 0 aromatic carbocycles. The summed E-state index contributed by atoms with van der Waals surface area (Å²) in [6, 6.07) is -0.414. The van der Waals surface area contributed by atoms with Crippen LogP contribution < -0.4 is 5.73 Å². The zero-order valence-corrected chi connectivity index (χ0v) is 9.32. The molecule has 1 aromatic rings. The van der Waals surface area contributed by atoms with Crippen LogP contribution in [0.15, 0.2) is 5.38 Å². The minimum atomic E-state index is -4.36. The van der Waals surface area contributed by atoms with Crippen LogP contribution in [0.25, 0.3) is 0 Å². The lowest BCUT2D eigenvalue weighted by atomic mass is 9.98. The third-order valence-corrected chi connectivity index (χ3v) is 3.27. The molecule has 1 heterocycles. The van der Waals surface area contributed by atoms with Crippen molar-refractivity contribution in [3.63, 3.8) is 0 Å². The fourth-order valence-corrected chi connectivity index (χ4v) is 1.85. The van der Waals surface area contributed by atoms with Crippen molar-refractivity contribution in [3.05, 3.63) is 16.1 Å². The molecular formula is C9H13F3N2S. The molecule has 0 bridgehead atoms. The third kappa shape index (κ3) is 2.92. The van der Waals surface area contributed by atoms with Crippen molar-refractivity contribution in [3.8, 4) is 0 Å². The lowest BCUT2D eigenvalue weighted by molar-refractivity contribution is -0.137. The van der Waals surface area contributed by atoms with Gasteiger partial charge in [-0.2, -0.15) is 13.2 Å². The van der Waals surface area contributed by atoms with Crippen LogP contribution in [0, 0.1) is 5.92 Å². The van der Waals surface area contributed by atoms with E-state index in [1.54, 1.807) is 0 Å². The standard InChI is InChI=1S/C9H13F3N2S/c1-3-5(2)7(13)6-4-15-8(14-6)9(10,11)12/h4-5,7H,3,13H2,1-2H3. The Morgan fingerprint density at radius 3 is 2.53 bits per heavy atom. The molecule has 0 saturated carbocycles. The second-order valence-electron chi connectivity index (χ2n) is 3.49. The molecule has 0 saturated heterocycles. The van der Waals surface area contributed by atoms with E-state index in [0.29, 0.717) is 17.0 Å². The Bertz CT molecular complexity index is 321. The number of thiazole rings is 1. The molecule has 15 heavy (non-hydrogen) atoms. The van der Waals surface area contributed by atoms with E-state index >= 15 is 0 Å². The van der Waals surface area contributed by atoms with Gasteiger partial charge in [-0.1, -0.05) is 20.3 Å². The number of nitrogens with two attached hydrogens (primary N) is 1. The quantitative estimate of drug-likeness (QED) is 0.878. The summed E-state index contributed by atoms with van der Waals surface area (Å²) in [5.41, 5.74) is 6.12. The maximum absolute atomic E-state index is 12.3. The second-order valence-corrected chi connectivity index (χ2v) is 4.34. The summed E-state index contributed by atoms with van der Waals surface area (Å²) in [7, 11) is 0. The topological polar surface area (TPSA) is 38.9 Å². The third-order valence-electron chi connectivity index (χ3n) is 2.36. The molecule has 0 aliphatic carbocycles. The SMILES string of the molecule is CCC(C)C(N)c1csc(C(F)(F)F)n1. The van der Waals surface area contributed by atoms with Crippen LogP contribution in [0.5, 0.6) is 0 Å². The molecule has 0 aliphatic rings. The zero-order chi connectivity index (χ0) is 11.6. The molecule has 2 unspecified atom stereocenters. The summed E-state index contributed by atoms with van der Waals surface area (Å²) in [6.45, 7) is 3.85. The summed E-state index contributed by atoms with van der Waals surface area (Å²) in [4.78, 5) is 3.52. The predicted molar refractivity (Wildman–Crippen MR) is 53.5 cm³/mol. The second kappa shape index (κ2) is 4.49. The van der Waals surface area contributed by atoms with Crippen molar-refractivity contribution in [2.45, 2.75) is 32.5 Å². The Morgan fingerprint density at radius 2 is 2.13 bits per heavy atom. The molecule has 0 spiro atoms. The fraction of sp³-hybridized carbons (Fsp3) is 0.667. The first-order chi connectivity index (χ1) is 6.86. The van der Waals surface area contributed by atoms with E-state index in [2.05, 4.69) is 4.98 Å². The van der Waals surface area contributed by atoms with Crippen LogP contribution in [-0.4, -0.2) is 4.98 Å². The van der Waals surface area contributed by atoms with Gasteiger partial charge in [0.15, 0.2) is 5.01 Å². The maximum Gasteiger partial charge on any atom is 0.443 e. The van der Waals surface area contributed by atoms with Gasteiger partial charge in [0, 0.05) is 5.38 Å². The van der Waals surface area contributed by atoms with E-state index in [0.717, 1.165) is 6.42 Å². The lowest BCUT2D eigenvalue weighted by Gasteiger charge is -2.15. The number of hydrogen-bond acceptors (Lipinski definition) is 3. The van der Waals surface area contributed by atoms with Crippen molar-refractivity contribution in [2.24, 2.45) is 11.7 Å². The van der Waals surface area contributed by atoms with Crippen LogP contribution in [0.1, 0.15) is 37.0 Å². The van der Waals surface area contributed by atoms with E-state index in [1.165, 1.54) is 5.38 Å². The molecule has 6 heteroatoms. The van der Waals surface area contributed by atoms with Gasteiger partial charge in [-0.05, 0) is 5.92 Å². The Balaban J connectivity index is 2.85. The Morgan fingerprint density at radius 1 is 1.53 bits per heavy atom. The molecular weight excluding hydrogens is 225 g/mol. The van der Waals surface area contributed by atoms with Gasteiger partial charge in [0.2, 0.25) is 0 Å². The largest absolute Gasteiger partial charge is 0.443 e. The molecule has 2 nitrogen and oxygen atoms in total. The summed E-state index contributed by atoms with van der Waals surface area (Å²) in [5, 5.41) is 0.566. The summed E-state index contributed by atoms with van der Waals surface area (Å²) < 4.78 is 36.8. The zero-order valence-electron chi connectivity index (χ0n) is 8.51. The smallest absolute Gasteiger partial charge is 0.322 e. The first-order valence-electron chi connectivity index (χ1n) is 4.64. The molecule has 0 amide bonds. The molecule has 0 fully saturated rings. The van der Waals surface area contributed by atoms with Crippen molar-refractivity contribution < 1.29 is 13.2 Å². The van der Waals surface area contributed by atoms with Crippen molar-refractivity contribution >= 4 is 11.3 Å². The van der Waals surface area contributed by atoms with Gasteiger partial charge in [0.05, 0.1) is 11.7 Å². The molecule has 86 valence electrons. The number of aromatic nitrogens is 1. The van der Waals surface area contributed by atoms with Gasteiger partial charge >= 0.3 is 6.18 Å². The van der Waals surface area contributed by atoms with Crippen LogP contribution >= 0.6 is 11.3 Å². The number of halogens is 3. The van der Waals surface area contributed by atoms with Crippen LogP contribution in [-0.2, 0) is 6.18 Å². The minimum Gasteiger partial charge on any atom is -0.322 e. The highest BCUT2D eigenvalue weighted by Crippen LogP contribution is 2.33. The molecule has 0 aliphatic heterocycles. The van der Waals surface area contributed by atoms with Gasteiger partial charge in [-0.25, -0.2) is 4.98 Å². The van der Waals surface area contributed by atoms with Crippen molar-refractivity contribution in [1.29, 1.82) is 0 Å². The lowest BCUT2D eigenvalue weighted by Crippen LogP contribution is -2.19. The van der Waals surface area contributed by atoms with Crippen LogP contribution in [0.4, 0.5) is 13.2 Å². The number of nitrogens with zero attached hydrogens (tertiary/aromatic N) is 1. The average Bonchev–Trinajstić information content (AvgIpc) is 2.63. The van der Waals surface area contributed by atoms with E-state index in [-0.39, 0.29) is 5.92 Å². The normalized spacial score (nSPS) is 16.4. The minimum absolute atomic E-state index is 0.133. The molecule has 1 aromatic heterocycles. The van der Waals surface area contributed by atoms with Crippen LogP contribution in [0.3, 0.4) is 0 Å². The van der Waals surface area contributed by atoms with Gasteiger partial charge in [0.25, 0.3) is 0 Å². The van der Waals surface area contributed by atoms with Crippen molar-refractivity contribution in [2.75, 3.05) is 0 Å². The van der Waals surface area contributed by atoms with Gasteiger partial charge in [-0.15, -0.1) is 11.3 Å². The van der Waals surface area contributed by atoms with Gasteiger partial charge in [0.1, 0.15) is 0 Å². The first kappa shape index (κ1) is 12.4. The highest BCUT2D eigenvalue weighted by molar-refractivity contribution is 7.09. The molecule has 1 rings (SSSR count). The van der Waals surface area contributed by atoms with Crippen molar-refractivity contribution in [1.82, 2.24) is 4.98 Å². The highest BCUT2D eigenvalue weighted by atomic mass is 32.1. The number of hydrogen-bond donors (Lipinski definition) is 1. The van der Waals surface area contributed by atoms with Gasteiger partial charge < -0.3 is 5.73 Å². The number of rotatable bonds is 3. The van der Waals surface area contributed by atoms with Crippen LogP contribution in [0.2, 0.25) is 0 Å². The van der Waals surface area contributed by atoms with Gasteiger partial charge in [-0.3, -0.25) is 0 Å². The molecule has 2 atom stereocenters. The Kier molecular flexibility index (Phi) is 3.72. The summed E-state index contributed by atoms with van der Waals surface area (Å²) >= 11 is 0.597. The predicted octanol–water partition coefficient (Wildman–Crippen LogP) is 3.21. The monoisotopic (exact) mass is 238 g/mol. The molecule has 2 N–H and O–H groups in total. The Labute approximate surface area is 90.3 Å². The average molecular weight is 238 g/mol. The molecule has 0 radical (unpaired) electrons. The van der Waals surface area contributed by atoms with E-state index in [4.69, 9.17) is 5.73 Å². The fourth-order valence-electron chi connectivity index (χ4n) is 1.11. The van der Waals surface area contributed by atoms with E-state index in [9.17, 15) is 13.2 Å². The Hall–Kier alpha value is -0.620. The summed E-state index contributed by atoms with van der Waals surface area (Å²) in [6.07, 6.45) is -3.54. The van der Waals surface area contributed by atoms with E-state index < -0.39 is 17.2 Å². The van der Waals surface area contributed by atoms with E-state index in [1.807, 2.05) is 13.8 Å². The highest BCUT2D eigenvalue weighted by Gasteiger charge is 2.35. The summed E-state index contributed by atoms with van der Waals surface area (Å²) in [5.74, 6) is 0.133.